The summed E-state index contributed by atoms with van der Waals surface area (Å²) in [5, 5.41) is 14.1. The number of ether oxygens (including phenoxy) is 1. The Morgan fingerprint density at radius 3 is 2.28 bits per heavy atom. The van der Waals surface area contributed by atoms with Crippen LogP contribution in [0.4, 0.5) is 0 Å². The fourth-order valence-electron chi connectivity index (χ4n) is 3.78. The van der Waals surface area contributed by atoms with Gasteiger partial charge in [-0.3, -0.25) is 4.79 Å². The van der Waals surface area contributed by atoms with Gasteiger partial charge in [0.05, 0.1) is 28.3 Å². The Morgan fingerprint density at radius 2 is 1.76 bits per heavy atom. The maximum absolute atomic E-state index is 12.1. The summed E-state index contributed by atoms with van der Waals surface area (Å²) in [4.78, 5) is 24.1. The number of amides is 1. The van der Waals surface area contributed by atoms with Crippen LogP contribution in [-0.4, -0.2) is 35.6 Å². The largest absolute Gasteiger partial charge is 0.452 e. The van der Waals surface area contributed by atoms with Crippen LogP contribution in [0.1, 0.15) is 56.5 Å². The summed E-state index contributed by atoms with van der Waals surface area (Å²) in [5.74, 6) is -0.863. The summed E-state index contributed by atoms with van der Waals surface area (Å²) in [6, 6.07) is 8.16. The summed E-state index contributed by atoms with van der Waals surface area (Å²) in [6.45, 7) is 8.35. The number of nitriles is 1. The fraction of sp³-hybridized carbons (Fsp3) is 0.526. The first-order valence-electron chi connectivity index (χ1n) is 8.44. The monoisotopic (exact) mass is 344 g/mol. The van der Waals surface area contributed by atoms with E-state index in [1.54, 1.807) is 12.1 Å². The van der Waals surface area contributed by atoms with Gasteiger partial charge in [0.25, 0.3) is 5.91 Å². The summed E-state index contributed by atoms with van der Waals surface area (Å²) < 4.78 is 5.07. The molecule has 1 aliphatic heterocycles. The third-order valence-electron chi connectivity index (χ3n) is 4.28. The summed E-state index contributed by atoms with van der Waals surface area (Å²) in [6.07, 6.45) is 1.73. The van der Waals surface area contributed by atoms with Crippen molar-refractivity contribution in [1.29, 1.82) is 5.26 Å². The minimum atomic E-state index is -0.572. The number of nitrogens with zero attached hydrogens (tertiary/aromatic N) is 1. The van der Waals surface area contributed by atoms with Crippen molar-refractivity contribution in [2.45, 2.75) is 57.7 Å². The first-order chi connectivity index (χ1) is 11.6. The molecule has 25 heavy (non-hydrogen) atoms. The van der Waals surface area contributed by atoms with Gasteiger partial charge < -0.3 is 15.4 Å². The molecular weight excluding hydrogens is 318 g/mol. The van der Waals surface area contributed by atoms with Gasteiger partial charge in [-0.1, -0.05) is 0 Å². The second-order valence-corrected chi connectivity index (χ2v) is 8.06. The van der Waals surface area contributed by atoms with Crippen molar-refractivity contribution >= 4 is 11.9 Å². The maximum atomic E-state index is 12.1. The van der Waals surface area contributed by atoms with E-state index in [0.29, 0.717) is 11.1 Å². The van der Waals surface area contributed by atoms with Crippen LogP contribution in [0.5, 0.6) is 0 Å². The summed E-state index contributed by atoms with van der Waals surface area (Å²) in [5.41, 5.74) is 0.896. The lowest BCUT2D eigenvalue weighted by Crippen LogP contribution is -3.06. The SMILES string of the molecule is CC1(C)CC(NC(=O)COC(=O)c2ccc(C#N)cc2)CC(C)(C)[NH2+]1. The number of nitrogens with two attached hydrogens (primary N) is 1. The molecule has 1 saturated heterocycles. The number of nitrogens with one attached hydrogen (secondary N) is 1. The van der Waals surface area contributed by atoms with Crippen LogP contribution >= 0.6 is 0 Å². The predicted octanol–water partition coefficient (Wildman–Crippen LogP) is 1.11. The van der Waals surface area contributed by atoms with Crippen LogP contribution in [0.3, 0.4) is 0 Å². The summed E-state index contributed by atoms with van der Waals surface area (Å²) in [7, 11) is 0. The number of hydrogen-bond donors (Lipinski definition) is 2. The van der Waals surface area contributed by atoms with Gasteiger partial charge in [0.15, 0.2) is 6.61 Å². The molecule has 0 radical (unpaired) electrons. The van der Waals surface area contributed by atoms with Gasteiger partial charge in [0.1, 0.15) is 0 Å². The zero-order valence-corrected chi connectivity index (χ0v) is 15.3. The van der Waals surface area contributed by atoms with Gasteiger partial charge in [-0.05, 0) is 52.0 Å². The second-order valence-electron chi connectivity index (χ2n) is 8.06. The Balaban J connectivity index is 1.85. The molecular formula is C19H26N3O3+. The molecule has 1 aromatic rings. The van der Waals surface area contributed by atoms with Gasteiger partial charge in [0, 0.05) is 18.9 Å². The van der Waals surface area contributed by atoms with Crippen LogP contribution in [0.2, 0.25) is 0 Å². The number of carbonyl (C=O) groups is 2. The quantitative estimate of drug-likeness (QED) is 0.800. The number of esters is 1. The molecule has 1 amide bonds. The highest BCUT2D eigenvalue weighted by Gasteiger charge is 2.42. The Bertz CT molecular complexity index is 671. The fourth-order valence-corrected chi connectivity index (χ4v) is 3.78. The smallest absolute Gasteiger partial charge is 0.338 e. The molecule has 0 aromatic heterocycles. The molecule has 6 nitrogen and oxygen atoms in total. The molecule has 0 unspecified atom stereocenters. The highest BCUT2D eigenvalue weighted by Crippen LogP contribution is 2.21. The molecule has 1 aliphatic rings. The lowest BCUT2D eigenvalue weighted by atomic mass is 9.79. The molecule has 0 atom stereocenters. The van der Waals surface area contributed by atoms with Crippen molar-refractivity contribution in [3.8, 4) is 6.07 Å². The standard InChI is InChI=1S/C19H25N3O3/c1-18(2)9-15(10-19(3,4)22-18)21-16(23)12-25-17(24)14-7-5-13(11-20)6-8-14/h5-8,15,22H,9-10,12H2,1-4H3,(H,21,23)/p+1. The van der Waals surface area contributed by atoms with Gasteiger partial charge in [-0.15, -0.1) is 0 Å². The molecule has 3 N–H and O–H groups in total. The molecule has 2 rings (SSSR count). The number of quaternary nitrogens is 1. The number of hydrogen-bond acceptors (Lipinski definition) is 4. The van der Waals surface area contributed by atoms with Crippen LogP contribution < -0.4 is 10.6 Å². The molecule has 134 valence electrons. The number of rotatable bonds is 4. The molecule has 1 fully saturated rings. The molecule has 0 saturated carbocycles. The van der Waals surface area contributed by atoms with Crippen molar-refractivity contribution in [2.75, 3.05) is 6.61 Å². The van der Waals surface area contributed by atoms with Crippen LogP contribution in [0, 0.1) is 11.3 Å². The van der Waals surface area contributed by atoms with Gasteiger partial charge in [0.2, 0.25) is 0 Å². The van der Waals surface area contributed by atoms with Gasteiger partial charge in [-0.25, -0.2) is 4.79 Å². The van der Waals surface area contributed by atoms with Gasteiger partial charge >= 0.3 is 5.97 Å². The minimum absolute atomic E-state index is 0.0544. The van der Waals surface area contributed by atoms with Crippen LogP contribution in [0.25, 0.3) is 0 Å². The lowest BCUT2D eigenvalue weighted by Gasteiger charge is -2.43. The third-order valence-corrected chi connectivity index (χ3v) is 4.28. The molecule has 0 bridgehead atoms. The average Bonchev–Trinajstić information content (AvgIpc) is 2.49. The highest BCUT2D eigenvalue weighted by molar-refractivity contribution is 5.91. The van der Waals surface area contributed by atoms with Crippen LogP contribution in [0.15, 0.2) is 24.3 Å². The first kappa shape index (κ1) is 18.9. The third kappa shape index (κ3) is 5.57. The molecule has 0 spiro atoms. The first-order valence-corrected chi connectivity index (χ1v) is 8.44. The van der Waals surface area contributed by atoms with Crippen LogP contribution in [-0.2, 0) is 9.53 Å². The Hall–Kier alpha value is -2.39. The topological polar surface area (TPSA) is 95.8 Å². The second kappa shape index (κ2) is 7.24. The highest BCUT2D eigenvalue weighted by atomic mass is 16.5. The maximum Gasteiger partial charge on any atom is 0.338 e. The van der Waals surface area contributed by atoms with Crippen molar-refractivity contribution in [3.63, 3.8) is 0 Å². The van der Waals surface area contributed by atoms with Gasteiger partial charge in [-0.2, -0.15) is 5.26 Å². The zero-order chi connectivity index (χ0) is 18.7. The van der Waals surface area contributed by atoms with E-state index >= 15 is 0 Å². The lowest BCUT2D eigenvalue weighted by molar-refractivity contribution is -0.787. The van der Waals surface area contributed by atoms with E-state index in [0.717, 1.165) is 12.8 Å². The Labute approximate surface area is 148 Å². The Kier molecular flexibility index (Phi) is 5.48. The van der Waals surface area contributed by atoms with Crippen molar-refractivity contribution in [2.24, 2.45) is 0 Å². The van der Waals surface area contributed by atoms with Crippen molar-refractivity contribution in [1.82, 2.24) is 5.32 Å². The number of carbonyl (C=O) groups excluding carboxylic acids is 2. The normalized spacial score (nSPS) is 18.8. The number of piperidine rings is 1. The molecule has 0 aliphatic carbocycles. The van der Waals surface area contributed by atoms with E-state index in [4.69, 9.17) is 10.00 Å². The molecule has 1 aromatic carbocycles. The zero-order valence-electron chi connectivity index (χ0n) is 15.3. The Morgan fingerprint density at radius 1 is 1.20 bits per heavy atom. The van der Waals surface area contributed by atoms with E-state index in [2.05, 4.69) is 38.3 Å². The van der Waals surface area contributed by atoms with Crippen molar-refractivity contribution in [3.05, 3.63) is 35.4 Å². The summed E-state index contributed by atoms with van der Waals surface area (Å²) >= 11 is 0. The van der Waals surface area contributed by atoms with Crippen molar-refractivity contribution < 1.29 is 19.6 Å². The van der Waals surface area contributed by atoms with E-state index in [1.165, 1.54) is 12.1 Å². The van der Waals surface area contributed by atoms with E-state index in [-0.39, 0.29) is 29.6 Å². The van der Waals surface area contributed by atoms with E-state index < -0.39 is 5.97 Å². The average molecular weight is 344 g/mol. The molecule has 6 heteroatoms. The number of benzene rings is 1. The van der Waals surface area contributed by atoms with E-state index in [1.807, 2.05) is 6.07 Å². The predicted molar refractivity (Wildman–Crippen MR) is 92.7 cm³/mol. The van der Waals surface area contributed by atoms with E-state index in [9.17, 15) is 9.59 Å². The minimum Gasteiger partial charge on any atom is -0.452 e. The molecule has 1 heterocycles.